The lowest BCUT2D eigenvalue weighted by molar-refractivity contribution is -0.117. The van der Waals surface area contributed by atoms with E-state index in [1.807, 2.05) is 41.5 Å². The zero-order chi connectivity index (χ0) is 17.3. The van der Waals surface area contributed by atoms with E-state index in [1.165, 1.54) is 0 Å². The zero-order valence-electron chi connectivity index (χ0n) is 15.2. The van der Waals surface area contributed by atoms with Gasteiger partial charge in [-0.05, 0) is 54.9 Å². The van der Waals surface area contributed by atoms with E-state index in [2.05, 4.69) is 11.9 Å². The molecule has 0 radical (unpaired) electrons. The summed E-state index contributed by atoms with van der Waals surface area (Å²) in [5.41, 5.74) is 0.513. The average molecular weight is 332 g/mol. The third-order valence-electron chi connectivity index (χ3n) is 2.58. The van der Waals surface area contributed by atoms with Crippen LogP contribution in [0.15, 0.2) is 12.2 Å². The van der Waals surface area contributed by atoms with Crippen LogP contribution >= 0.6 is 0 Å². The van der Waals surface area contributed by atoms with Crippen LogP contribution in [-0.2, 0) is 18.1 Å². The number of hydrogen-bond donors (Lipinski definition) is 1. The Hall–Kier alpha value is -0.693. The molecule has 0 fully saturated rings. The molecule has 0 aromatic carbocycles. The standard InChI is InChI=1S/C16H33NO4Si/c1-12(2)16(18)17-10-9-11-22(19-13(3)4,20-14(5)6)21-15(7)8/h13-15H,1,9-11H2,2-8H3,(H,17,18). The summed E-state index contributed by atoms with van der Waals surface area (Å²) in [5.74, 6) is -0.119. The Kier molecular flexibility index (Phi) is 9.83. The molecule has 0 aliphatic heterocycles. The van der Waals surface area contributed by atoms with Gasteiger partial charge >= 0.3 is 8.80 Å². The molecule has 0 saturated heterocycles. The van der Waals surface area contributed by atoms with Crippen LogP contribution in [0.1, 0.15) is 54.9 Å². The van der Waals surface area contributed by atoms with Crippen molar-refractivity contribution in [3.05, 3.63) is 12.2 Å². The van der Waals surface area contributed by atoms with Crippen LogP contribution in [0.5, 0.6) is 0 Å². The van der Waals surface area contributed by atoms with E-state index in [0.717, 1.165) is 6.42 Å². The van der Waals surface area contributed by atoms with E-state index in [1.54, 1.807) is 6.92 Å². The zero-order valence-corrected chi connectivity index (χ0v) is 16.2. The lowest BCUT2D eigenvalue weighted by Gasteiger charge is -2.34. The maximum Gasteiger partial charge on any atom is 0.501 e. The monoisotopic (exact) mass is 331 g/mol. The summed E-state index contributed by atoms with van der Waals surface area (Å²) in [7, 11) is -2.76. The molecule has 130 valence electrons. The molecule has 0 unspecified atom stereocenters. The molecule has 0 rings (SSSR count). The molecule has 0 heterocycles. The summed E-state index contributed by atoms with van der Waals surface area (Å²) in [4.78, 5) is 11.5. The Labute approximate surface area is 136 Å². The van der Waals surface area contributed by atoms with Gasteiger partial charge in [0, 0.05) is 36.5 Å². The van der Waals surface area contributed by atoms with Crippen LogP contribution in [0.3, 0.4) is 0 Å². The van der Waals surface area contributed by atoms with Gasteiger partial charge in [-0.25, -0.2) is 0 Å². The smallest absolute Gasteiger partial charge is 0.371 e. The highest BCUT2D eigenvalue weighted by Crippen LogP contribution is 2.23. The van der Waals surface area contributed by atoms with Gasteiger partial charge in [-0.2, -0.15) is 0 Å². The normalized spacial score (nSPS) is 12.3. The number of hydrogen-bond acceptors (Lipinski definition) is 4. The fourth-order valence-electron chi connectivity index (χ4n) is 2.00. The predicted octanol–water partition coefficient (Wildman–Crippen LogP) is 3.28. The minimum atomic E-state index is -2.76. The second-order valence-electron chi connectivity index (χ2n) is 6.32. The molecule has 0 aliphatic carbocycles. The Bertz CT molecular complexity index is 330. The third kappa shape index (κ3) is 9.35. The Morgan fingerprint density at radius 2 is 1.41 bits per heavy atom. The van der Waals surface area contributed by atoms with Crippen molar-refractivity contribution >= 4 is 14.7 Å². The largest absolute Gasteiger partial charge is 0.501 e. The van der Waals surface area contributed by atoms with E-state index < -0.39 is 8.80 Å². The minimum Gasteiger partial charge on any atom is -0.371 e. The number of carbonyl (C=O) groups excluding carboxylic acids is 1. The first-order valence-electron chi connectivity index (χ1n) is 8.05. The van der Waals surface area contributed by atoms with E-state index in [4.69, 9.17) is 13.3 Å². The van der Waals surface area contributed by atoms with Gasteiger partial charge in [0.25, 0.3) is 0 Å². The van der Waals surface area contributed by atoms with Gasteiger partial charge in [0.15, 0.2) is 0 Å². The maximum absolute atomic E-state index is 11.5. The topological polar surface area (TPSA) is 56.8 Å². The first-order valence-corrected chi connectivity index (χ1v) is 9.98. The van der Waals surface area contributed by atoms with Crippen molar-refractivity contribution in [2.24, 2.45) is 0 Å². The summed E-state index contributed by atoms with van der Waals surface area (Å²) in [5, 5.41) is 2.83. The lowest BCUT2D eigenvalue weighted by atomic mass is 10.3. The van der Waals surface area contributed by atoms with Crippen LogP contribution in [0.4, 0.5) is 0 Å². The highest BCUT2D eigenvalue weighted by atomic mass is 28.4. The summed E-state index contributed by atoms with van der Waals surface area (Å²) in [6, 6.07) is 0.679. The molecular weight excluding hydrogens is 298 g/mol. The molecule has 0 aromatic rings. The van der Waals surface area contributed by atoms with Crippen molar-refractivity contribution in [1.29, 1.82) is 0 Å². The quantitative estimate of drug-likeness (QED) is 0.359. The van der Waals surface area contributed by atoms with E-state index in [-0.39, 0.29) is 24.2 Å². The summed E-state index contributed by atoms with van der Waals surface area (Å²) >= 11 is 0. The van der Waals surface area contributed by atoms with Crippen molar-refractivity contribution < 1.29 is 18.1 Å². The molecule has 5 nitrogen and oxygen atoms in total. The van der Waals surface area contributed by atoms with Gasteiger partial charge in [0.2, 0.25) is 5.91 Å². The number of amides is 1. The number of nitrogens with one attached hydrogen (secondary N) is 1. The van der Waals surface area contributed by atoms with Crippen molar-refractivity contribution in [3.63, 3.8) is 0 Å². The molecule has 1 N–H and O–H groups in total. The van der Waals surface area contributed by atoms with Gasteiger partial charge in [-0.15, -0.1) is 0 Å². The fraction of sp³-hybridized carbons (Fsp3) is 0.812. The third-order valence-corrected chi connectivity index (χ3v) is 6.04. The van der Waals surface area contributed by atoms with Crippen LogP contribution in [-0.4, -0.2) is 39.6 Å². The molecule has 0 atom stereocenters. The van der Waals surface area contributed by atoms with Crippen molar-refractivity contribution in [2.75, 3.05) is 6.54 Å². The summed E-state index contributed by atoms with van der Waals surface area (Å²) in [6.07, 6.45) is 0.856. The molecule has 0 saturated carbocycles. The first-order chi connectivity index (χ1) is 10.1. The van der Waals surface area contributed by atoms with Crippen molar-refractivity contribution in [3.8, 4) is 0 Å². The number of carbonyl (C=O) groups is 1. The van der Waals surface area contributed by atoms with Crippen LogP contribution < -0.4 is 5.32 Å². The maximum atomic E-state index is 11.5. The van der Waals surface area contributed by atoms with Crippen molar-refractivity contribution in [2.45, 2.75) is 79.2 Å². The number of rotatable bonds is 11. The summed E-state index contributed by atoms with van der Waals surface area (Å²) < 4.78 is 18.2. The SMILES string of the molecule is C=C(C)C(=O)NCCC[Si](OC(C)C)(OC(C)C)OC(C)C. The van der Waals surface area contributed by atoms with Crippen LogP contribution in [0, 0.1) is 0 Å². The van der Waals surface area contributed by atoms with Crippen LogP contribution in [0.25, 0.3) is 0 Å². The predicted molar refractivity (Wildman–Crippen MR) is 91.7 cm³/mol. The fourth-order valence-corrected chi connectivity index (χ4v) is 5.28. The van der Waals surface area contributed by atoms with E-state index >= 15 is 0 Å². The average Bonchev–Trinajstić information content (AvgIpc) is 2.31. The second kappa shape index (κ2) is 10.2. The lowest BCUT2D eigenvalue weighted by Crippen LogP contribution is -2.51. The molecular formula is C16H33NO4Si. The summed E-state index contributed by atoms with van der Waals surface area (Å²) in [6.45, 7) is 17.8. The van der Waals surface area contributed by atoms with Gasteiger partial charge in [-0.1, -0.05) is 6.58 Å². The highest BCUT2D eigenvalue weighted by Gasteiger charge is 2.43. The first kappa shape index (κ1) is 21.3. The van der Waals surface area contributed by atoms with Gasteiger partial charge in [0.05, 0.1) is 0 Å². The molecule has 22 heavy (non-hydrogen) atoms. The van der Waals surface area contributed by atoms with E-state index in [9.17, 15) is 4.79 Å². The minimum absolute atomic E-state index is 0.0363. The molecule has 0 aromatic heterocycles. The van der Waals surface area contributed by atoms with Gasteiger partial charge < -0.3 is 18.6 Å². The van der Waals surface area contributed by atoms with Gasteiger partial charge in [0.1, 0.15) is 0 Å². The highest BCUT2D eigenvalue weighted by molar-refractivity contribution is 6.60. The molecule has 6 heteroatoms. The van der Waals surface area contributed by atoms with Crippen LogP contribution in [0.2, 0.25) is 6.04 Å². The molecule has 0 aliphatic rings. The Balaban J connectivity index is 4.73. The van der Waals surface area contributed by atoms with Crippen molar-refractivity contribution in [1.82, 2.24) is 5.32 Å². The Morgan fingerprint density at radius 3 is 1.73 bits per heavy atom. The second-order valence-corrected chi connectivity index (χ2v) is 8.90. The van der Waals surface area contributed by atoms with Gasteiger partial charge in [-0.3, -0.25) is 4.79 Å². The molecule has 1 amide bonds. The Morgan fingerprint density at radius 1 is 1.00 bits per heavy atom. The molecule has 0 bridgehead atoms. The molecule has 0 spiro atoms. The van der Waals surface area contributed by atoms with E-state index in [0.29, 0.717) is 18.2 Å².